The fraction of sp³-hybridized carbons (Fsp3) is 0.421. The van der Waals surface area contributed by atoms with E-state index in [4.69, 9.17) is 17.0 Å². The number of ether oxygens (including phenoxy) is 1. The van der Waals surface area contributed by atoms with E-state index < -0.39 is 0 Å². The van der Waals surface area contributed by atoms with Crippen molar-refractivity contribution in [3.05, 3.63) is 39.2 Å². The van der Waals surface area contributed by atoms with Crippen molar-refractivity contribution in [2.75, 3.05) is 45.9 Å². The topological polar surface area (TPSA) is 61.9 Å². The van der Waals surface area contributed by atoms with Crippen LogP contribution in [0.2, 0.25) is 0 Å². The Hall–Kier alpha value is -1.26. The van der Waals surface area contributed by atoms with Crippen molar-refractivity contribution in [2.24, 2.45) is 0 Å². The van der Waals surface area contributed by atoms with Crippen molar-refractivity contribution in [1.29, 1.82) is 0 Å². The first-order valence-corrected chi connectivity index (χ1v) is 11.1. The number of benzene rings is 1. The molecule has 0 atom stereocenters. The molecule has 150 valence electrons. The number of rotatable bonds is 7. The lowest BCUT2D eigenvalue weighted by Gasteiger charge is -2.26. The van der Waals surface area contributed by atoms with Gasteiger partial charge in [0, 0.05) is 24.1 Å². The number of hydrogen-bond acceptors (Lipinski definition) is 6. The molecule has 2 heterocycles. The Labute approximate surface area is 182 Å². The molecule has 2 aliphatic rings. The van der Waals surface area contributed by atoms with Gasteiger partial charge in [0.1, 0.15) is 10.9 Å². The van der Waals surface area contributed by atoms with Crippen molar-refractivity contribution in [3.63, 3.8) is 0 Å². The number of carbonyl (C=O) groups is 2. The summed E-state index contributed by atoms with van der Waals surface area (Å²) in [6, 6.07) is 7.67. The fourth-order valence-electron chi connectivity index (χ4n) is 2.94. The van der Waals surface area contributed by atoms with E-state index in [0.717, 1.165) is 49.3 Å². The minimum absolute atomic E-state index is 0.0436. The molecule has 1 aromatic carbocycles. The number of thiocarbonyl (C=S) groups is 1. The number of halogens is 1. The molecule has 2 amide bonds. The Morgan fingerprint density at radius 2 is 2.14 bits per heavy atom. The summed E-state index contributed by atoms with van der Waals surface area (Å²) in [5.41, 5.74) is 0.905. The zero-order valence-electron chi connectivity index (χ0n) is 15.4. The molecule has 2 fully saturated rings. The first-order chi connectivity index (χ1) is 13.5. The number of nitrogens with zero attached hydrogens (tertiary/aromatic N) is 2. The molecule has 0 bridgehead atoms. The maximum Gasteiger partial charge on any atom is 0.266 e. The summed E-state index contributed by atoms with van der Waals surface area (Å²) in [4.78, 5) is 29.1. The second kappa shape index (κ2) is 10.5. The maximum absolute atomic E-state index is 12.6. The summed E-state index contributed by atoms with van der Waals surface area (Å²) >= 11 is 9.94. The largest absolute Gasteiger partial charge is 0.379 e. The van der Waals surface area contributed by atoms with E-state index in [1.54, 1.807) is 6.08 Å². The first kappa shape index (κ1) is 21.4. The van der Waals surface area contributed by atoms with Crippen molar-refractivity contribution in [2.45, 2.75) is 6.42 Å². The van der Waals surface area contributed by atoms with Crippen LogP contribution in [0.4, 0.5) is 0 Å². The number of amides is 2. The van der Waals surface area contributed by atoms with Crippen LogP contribution in [0.3, 0.4) is 0 Å². The smallest absolute Gasteiger partial charge is 0.266 e. The molecule has 1 N–H and O–H groups in total. The lowest BCUT2D eigenvalue weighted by atomic mass is 10.2. The zero-order chi connectivity index (χ0) is 19.9. The molecule has 3 rings (SSSR count). The predicted molar refractivity (Wildman–Crippen MR) is 119 cm³/mol. The summed E-state index contributed by atoms with van der Waals surface area (Å²) in [6.07, 6.45) is 2.66. The summed E-state index contributed by atoms with van der Waals surface area (Å²) in [7, 11) is 0. The molecule has 6 nitrogen and oxygen atoms in total. The quantitative estimate of drug-likeness (QED) is 0.365. The number of hydrogen-bond donors (Lipinski definition) is 1. The summed E-state index contributed by atoms with van der Waals surface area (Å²) in [6.45, 7) is 4.89. The number of nitrogens with one attached hydrogen (secondary N) is 1. The van der Waals surface area contributed by atoms with E-state index in [9.17, 15) is 9.59 Å². The van der Waals surface area contributed by atoms with Crippen molar-refractivity contribution >= 4 is 62.1 Å². The molecule has 9 heteroatoms. The average Bonchev–Trinajstić information content (AvgIpc) is 2.93. The molecule has 2 aliphatic heterocycles. The molecule has 0 aliphatic carbocycles. The van der Waals surface area contributed by atoms with Crippen LogP contribution in [0.1, 0.15) is 12.0 Å². The average molecular weight is 484 g/mol. The van der Waals surface area contributed by atoms with E-state index in [0.29, 0.717) is 15.8 Å². The van der Waals surface area contributed by atoms with Gasteiger partial charge in [-0.2, -0.15) is 0 Å². The number of thioether (sulfide) groups is 1. The van der Waals surface area contributed by atoms with E-state index >= 15 is 0 Å². The molecule has 1 aromatic rings. The Morgan fingerprint density at radius 1 is 1.36 bits per heavy atom. The Balaban J connectivity index is 1.46. The highest BCUT2D eigenvalue weighted by atomic mass is 79.9. The van der Waals surface area contributed by atoms with Gasteiger partial charge in [-0.05, 0) is 36.7 Å². The Morgan fingerprint density at radius 3 is 2.89 bits per heavy atom. The van der Waals surface area contributed by atoms with Gasteiger partial charge in [0.2, 0.25) is 5.91 Å². The number of carbonyl (C=O) groups excluding carboxylic acids is 2. The van der Waals surface area contributed by atoms with Gasteiger partial charge in [-0.15, -0.1) is 0 Å². The van der Waals surface area contributed by atoms with Gasteiger partial charge in [-0.25, -0.2) is 0 Å². The van der Waals surface area contributed by atoms with Gasteiger partial charge in [-0.3, -0.25) is 19.4 Å². The molecule has 0 spiro atoms. The Kier molecular flexibility index (Phi) is 8.04. The van der Waals surface area contributed by atoms with E-state index in [1.165, 1.54) is 16.7 Å². The molecular formula is C19H22BrN3O3S2. The summed E-state index contributed by atoms with van der Waals surface area (Å²) < 4.78 is 6.67. The van der Waals surface area contributed by atoms with Gasteiger partial charge < -0.3 is 10.1 Å². The molecule has 0 saturated carbocycles. The van der Waals surface area contributed by atoms with Crippen LogP contribution in [0, 0.1) is 0 Å². The summed E-state index contributed by atoms with van der Waals surface area (Å²) in [5.74, 6) is -0.416. The predicted octanol–water partition coefficient (Wildman–Crippen LogP) is 2.49. The molecule has 2 saturated heterocycles. The van der Waals surface area contributed by atoms with Crippen LogP contribution in [0.5, 0.6) is 0 Å². The van der Waals surface area contributed by atoms with E-state index in [1.807, 2.05) is 24.3 Å². The Bertz CT molecular complexity index is 781. The second-order valence-electron chi connectivity index (χ2n) is 6.48. The minimum Gasteiger partial charge on any atom is -0.379 e. The third-order valence-corrected chi connectivity index (χ3v) is 6.27. The van der Waals surface area contributed by atoms with Gasteiger partial charge in [0.05, 0.1) is 18.1 Å². The zero-order valence-corrected chi connectivity index (χ0v) is 18.6. The third-order valence-electron chi connectivity index (χ3n) is 4.40. The molecule has 0 radical (unpaired) electrons. The lowest BCUT2D eigenvalue weighted by molar-refractivity contribution is -0.128. The van der Waals surface area contributed by atoms with Crippen molar-refractivity contribution in [3.8, 4) is 0 Å². The third kappa shape index (κ3) is 6.12. The van der Waals surface area contributed by atoms with Gasteiger partial charge in [-0.1, -0.05) is 52.0 Å². The van der Waals surface area contributed by atoms with Gasteiger partial charge in [0.25, 0.3) is 5.91 Å². The van der Waals surface area contributed by atoms with Crippen LogP contribution < -0.4 is 5.32 Å². The van der Waals surface area contributed by atoms with Crippen molar-refractivity contribution in [1.82, 2.24) is 15.1 Å². The second-order valence-corrected chi connectivity index (χ2v) is 9.07. The molecule has 28 heavy (non-hydrogen) atoms. The molecule has 0 unspecified atom stereocenters. The van der Waals surface area contributed by atoms with Crippen LogP contribution >= 0.6 is 39.9 Å². The van der Waals surface area contributed by atoms with Gasteiger partial charge >= 0.3 is 0 Å². The highest BCUT2D eigenvalue weighted by Gasteiger charge is 2.33. The van der Waals surface area contributed by atoms with Crippen LogP contribution in [0.15, 0.2) is 33.6 Å². The minimum atomic E-state index is -0.224. The maximum atomic E-state index is 12.6. The fourth-order valence-corrected chi connectivity index (χ4v) is 4.61. The lowest BCUT2D eigenvalue weighted by Crippen LogP contribution is -2.41. The SMILES string of the molecule is O=C(CN1C(=O)/C(=C/c2cccc(Br)c2)SC1=S)NCCCN1CCOCC1. The van der Waals surface area contributed by atoms with E-state index in [-0.39, 0.29) is 18.4 Å². The monoisotopic (exact) mass is 483 g/mol. The molecule has 0 aromatic heterocycles. The standard InChI is InChI=1S/C19H22BrN3O3S2/c20-15-4-1-3-14(11-15)12-16-18(25)23(19(27)28-16)13-17(24)21-5-2-6-22-7-9-26-10-8-22/h1,3-4,11-12H,2,5-10,13H2,(H,21,24)/b16-12-. The highest BCUT2D eigenvalue weighted by Crippen LogP contribution is 2.32. The highest BCUT2D eigenvalue weighted by molar-refractivity contribution is 9.10. The number of morpholine rings is 1. The summed E-state index contributed by atoms with van der Waals surface area (Å²) in [5, 5.41) is 2.88. The normalized spacial score (nSPS) is 19.5. The van der Waals surface area contributed by atoms with Crippen LogP contribution in [-0.2, 0) is 14.3 Å². The van der Waals surface area contributed by atoms with Crippen LogP contribution in [0.25, 0.3) is 6.08 Å². The van der Waals surface area contributed by atoms with Crippen molar-refractivity contribution < 1.29 is 14.3 Å². The first-order valence-electron chi connectivity index (χ1n) is 9.10. The molecular weight excluding hydrogens is 462 g/mol. The van der Waals surface area contributed by atoms with Crippen LogP contribution in [-0.4, -0.2) is 71.9 Å². The van der Waals surface area contributed by atoms with Gasteiger partial charge in [0.15, 0.2) is 0 Å². The van der Waals surface area contributed by atoms with E-state index in [2.05, 4.69) is 26.1 Å².